The Morgan fingerprint density at radius 1 is 1.21 bits per heavy atom. The van der Waals surface area contributed by atoms with Gasteiger partial charge < -0.3 is 9.26 Å². The maximum Gasteiger partial charge on any atom is 0.415 e. The van der Waals surface area contributed by atoms with Crippen LogP contribution in [0.4, 0.5) is 10.6 Å². The summed E-state index contributed by atoms with van der Waals surface area (Å²) in [6, 6.07) is 0. The third kappa shape index (κ3) is 3.72. The summed E-state index contributed by atoms with van der Waals surface area (Å²) in [6.45, 7) is 13.5. The monoisotopic (exact) mass is 268 g/mol. The molecule has 0 aliphatic heterocycles. The molecule has 0 saturated heterocycles. The van der Waals surface area contributed by atoms with E-state index in [2.05, 4.69) is 5.16 Å². The van der Waals surface area contributed by atoms with Crippen molar-refractivity contribution in [2.45, 2.75) is 59.5 Å². The number of hydrogen-bond acceptors (Lipinski definition) is 4. The average Bonchev–Trinajstić information content (AvgIpc) is 2.55. The highest BCUT2D eigenvalue weighted by Crippen LogP contribution is 2.31. The molecular formula is C14H24N2O3. The topological polar surface area (TPSA) is 55.6 Å². The van der Waals surface area contributed by atoms with Crippen LogP contribution in [0.3, 0.4) is 0 Å². The van der Waals surface area contributed by atoms with Gasteiger partial charge in [0, 0.05) is 18.0 Å². The van der Waals surface area contributed by atoms with Crippen LogP contribution in [0.1, 0.15) is 52.9 Å². The molecule has 19 heavy (non-hydrogen) atoms. The van der Waals surface area contributed by atoms with Crippen molar-refractivity contribution in [3.8, 4) is 0 Å². The Morgan fingerprint density at radius 2 is 1.74 bits per heavy atom. The highest BCUT2D eigenvalue weighted by Gasteiger charge is 2.29. The Bertz CT molecular complexity index is 464. The van der Waals surface area contributed by atoms with E-state index < -0.39 is 11.7 Å². The highest BCUT2D eigenvalue weighted by atomic mass is 16.6. The van der Waals surface area contributed by atoms with E-state index in [1.807, 2.05) is 48.5 Å². The molecule has 0 spiro atoms. The predicted molar refractivity (Wildman–Crippen MR) is 74.6 cm³/mol. The number of hydrogen-bond donors (Lipinski definition) is 0. The first-order chi connectivity index (χ1) is 8.43. The summed E-state index contributed by atoms with van der Waals surface area (Å²) in [5, 5.41) is 3.98. The first kappa shape index (κ1) is 15.5. The van der Waals surface area contributed by atoms with Crippen molar-refractivity contribution in [1.29, 1.82) is 0 Å². The number of carbonyl (C=O) groups excluding carboxylic acids is 1. The van der Waals surface area contributed by atoms with Crippen LogP contribution in [0.5, 0.6) is 0 Å². The Morgan fingerprint density at radius 3 is 2.11 bits per heavy atom. The number of amides is 1. The van der Waals surface area contributed by atoms with Gasteiger partial charge >= 0.3 is 6.09 Å². The van der Waals surface area contributed by atoms with Gasteiger partial charge in [-0.3, -0.25) is 4.90 Å². The maximum absolute atomic E-state index is 12.0. The molecule has 0 unspecified atom stereocenters. The maximum atomic E-state index is 12.0. The summed E-state index contributed by atoms with van der Waals surface area (Å²) in [5.41, 5.74) is 0.181. The Labute approximate surface area is 114 Å². The van der Waals surface area contributed by atoms with E-state index in [0.29, 0.717) is 5.82 Å². The lowest BCUT2D eigenvalue weighted by molar-refractivity contribution is 0.0587. The fourth-order valence-electron chi connectivity index (χ4n) is 1.76. The third-order valence-corrected chi connectivity index (χ3v) is 2.57. The summed E-state index contributed by atoms with van der Waals surface area (Å²) >= 11 is 0. The van der Waals surface area contributed by atoms with Gasteiger partial charge in [0.25, 0.3) is 0 Å². The van der Waals surface area contributed by atoms with Crippen LogP contribution in [0.25, 0.3) is 0 Å². The minimum Gasteiger partial charge on any atom is -0.443 e. The van der Waals surface area contributed by atoms with Crippen molar-refractivity contribution in [2.24, 2.45) is 0 Å². The molecule has 0 atom stereocenters. The molecule has 0 aliphatic rings. The van der Waals surface area contributed by atoms with Gasteiger partial charge in [-0.1, -0.05) is 25.9 Å². The summed E-state index contributed by atoms with van der Waals surface area (Å²) in [4.78, 5) is 13.4. The third-order valence-electron chi connectivity index (χ3n) is 2.57. The Kier molecular flexibility index (Phi) is 3.98. The van der Waals surface area contributed by atoms with Gasteiger partial charge in [-0.25, -0.2) is 4.79 Å². The van der Waals surface area contributed by atoms with Crippen LogP contribution in [0.2, 0.25) is 0 Å². The van der Waals surface area contributed by atoms with Crippen LogP contribution in [0, 0.1) is 6.92 Å². The molecule has 0 fully saturated rings. The van der Waals surface area contributed by atoms with Crippen LogP contribution in [0.15, 0.2) is 4.52 Å². The van der Waals surface area contributed by atoms with E-state index in [4.69, 9.17) is 9.26 Å². The molecule has 1 aromatic heterocycles. The Balaban J connectivity index is 2.99. The molecule has 0 aliphatic carbocycles. The average molecular weight is 268 g/mol. The number of nitrogens with zero attached hydrogens (tertiary/aromatic N) is 2. The molecule has 1 aromatic rings. The van der Waals surface area contributed by atoms with Crippen molar-refractivity contribution < 1.29 is 14.1 Å². The molecule has 108 valence electrons. The quantitative estimate of drug-likeness (QED) is 0.780. The second-order valence-corrected chi connectivity index (χ2v) is 6.75. The predicted octanol–water partition coefficient (Wildman–Crippen LogP) is 3.65. The number of rotatable bonds is 1. The van der Waals surface area contributed by atoms with E-state index in [0.717, 1.165) is 11.3 Å². The zero-order valence-electron chi connectivity index (χ0n) is 13.1. The van der Waals surface area contributed by atoms with Crippen LogP contribution in [-0.2, 0) is 10.2 Å². The van der Waals surface area contributed by atoms with Gasteiger partial charge in [0.05, 0.1) is 0 Å². The van der Waals surface area contributed by atoms with Gasteiger partial charge in [-0.15, -0.1) is 0 Å². The Hall–Kier alpha value is -1.52. The lowest BCUT2D eigenvalue weighted by atomic mass is 9.91. The molecule has 1 amide bonds. The van der Waals surface area contributed by atoms with E-state index in [-0.39, 0.29) is 5.41 Å². The normalized spacial score (nSPS) is 12.4. The summed E-state index contributed by atoms with van der Waals surface area (Å²) in [6.07, 6.45) is -0.440. The molecule has 5 heteroatoms. The lowest BCUT2D eigenvalue weighted by Gasteiger charge is -2.23. The largest absolute Gasteiger partial charge is 0.443 e. The molecular weight excluding hydrogens is 244 g/mol. The first-order valence-electron chi connectivity index (χ1n) is 6.37. The zero-order chi connectivity index (χ0) is 15.0. The van der Waals surface area contributed by atoms with Crippen LogP contribution >= 0.6 is 0 Å². The molecule has 5 nitrogen and oxygen atoms in total. The second-order valence-electron chi connectivity index (χ2n) is 6.75. The summed E-state index contributed by atoms with van der Waals surface area (Å²) in [7, 11) is 1.63. The summed E-state index contributed by atoms with van der Waals surface area (Å²) in [5.74, 6) is 1.28. The van der Waals surface area contributed by atoms with Gasteiger partial charge in [0.15, 0.2) is 5.82 Å². The number of ether oxygens (including phenoxy) is 1. The minimum atomic E-state index is -0.532. The van der Waals surface area contributed by atoms with Crippen molar-refractivity contribution >= 4 is 11.9 Å². The van der Waals surface area contributed by atoms with Crippen LogP contribution < -0.4 is 4.90 Å². The van der Waals surface area contributed by atoms with Crippen LogP contribution in [-0.4, -0.2) is 23.9 Å². The molecule has 0 bridgehead atoms. The molecule has 0 radical (unpaired) electrons. The molecule has 0 saturated carbocycles. The van der Waals surface area contributed by atoms with Crippen molar-refractivity contribution in [3.05, 3.63) is 11.3 Å². The fraction of sp³-hybridized carbons (Fsp3) is 0.714. The smallest absolute Gasteiger partial charge is 0.415 e. The van der Waals surface area contributed by atoms with Gasteiger partial charge in [0.2, 0.25) is 0 Å². The number of anilines is 1. The SMILES string of the molecule is Cc1c(N(C)C(=O)OC(C)(C)C)noc1C(C)(C)C. The minimum absolute atomic E-state index is 0.149. The molecule has 0 aromatic carbocycles. The van der Waals surface area contributed by atoms with E-state index >= 15 is 0 Å². The highest BCUT2D eigenvalue weighted by molar-refractivity contribution is 5.86. The van der Waals surface area contributed by atoms with E-state index in [1.54, 1.807) is 7.05 Å². The first-order valence-corrected chi connectivity index (χ1v) is 6.37. The van der Waals surface area contributed by atoms with Crippen molar-refractivity contribution in [3.63, 3.8) is 0 Å². The van der Waals surface area contributed by atoms with Crippen molar-refractivity contribution in [2.75, 3.05) is 11.9 Å². The fourth-order valence-corrected chi connectivity index (χ4v) is 1.76. The second kappa shape index (κ2) is 4.87. The standard InChI is InChI=1S/C14H24N2O3/c1-9-10(13(2,3)4)19-15-11(9)16(8)12(17)18-14(5,6)7/h1-8H3. The molecule has 0 N–H and O–H groups in total. The van der Waals surface area contributed by atoms with Gasteiger partial charge in [-0.2, -0.15) is 0 Å². The van der Waals surface area contributed by atoms with E-state index in [9.17, 15) is 4.79 Å². The van der Waals surface area contributed by atoms with Gasteiger partial charge in [-0.05, 0) is 27.7 Å². The van der Waals surface area contributed by atoms with Crippen molar-refractivity contribution in [1.82, 2.24) is 5.16 Å². The summed E-state index contributed by atoms with van der Waals surface area (Å²) < 4.78 is 10.7. The lowest BCUT2D eigenvalue weighted by Crippen LogP contribution is -2.34. The number of aromatic nitrogens is 1. The van der Waals surface area contributed by atoms with E-state index in [1.165, 1.54) is 4.90 Å². The molecule has 1 heterocycles. The zero-order valence-corrected chi connectivity index (χ0v) is 13.1. The number of carbonyl (C=O) groups is 1. The van der Waals surface area contributed by atoms with Gasteiger partial charge in [0.1, 0.15) is 11.4 Å². The molecule has 1 rings (SSSR count).